The van der Waals surface area contributed by atoms with Crippen molar-refractivity contribution in [3.05, 3.63) is 35.6 Å². The fourth-order valence-corrected chi connectivity index (χ4v) is 4.30. The van der Waals surface area contributed by atoms with Crippen LogP contribution in [0.25, 0.3) is 0 Å². The molecule has 2 aliphatic heterocycles. The van der Waals surface area contributed by atoms with E-state index in [1.165, 1.54) is 6.07 Å². The Morgan fingerprint density at radius 3 is 2.61 bits per heavy atom. The molecular weight excluding hydrogens is 357 g/mol. The molecule has 1 aromatic rings. The van der Waals surface area contributed by atoms with Crippen LogP contribution in [0, 0.1) is 11.7 Å². The van der Waals surface area contributed by atoms with Gasteiger partial charge in [-0.15, -0.1) is 0 Å². The van der Waals surface area contributed by atoms with E-state index >= 15 is 0 Å². The van der Waals surface area contributed by atoms with Crippen LogP contribution in [0.2, 0.25) is 0 Å². The van der Waals surface area contributed by atoms with E-state index < -0.39 is 0 Å². The van der Waals surface area contributed by atoms with Crippen LogP contribution in [0.4, 0.5) is 4.39 Å². The van der Waals surface area contributed by atoms with Crippen molar-refractivity contribution in [3.63, 3.8) is 0 Å². The summed E-state index contributed by atoms with van der Waals surface area (Å²) >= 11 is 0. The molecule has 3 rings (SSSR count). The van der Waals surface area contributed by atoms with E-state index in [0.29, 0.717) is 13.2 Å². The van der Waals surface area contributed by atoms with Gasteiger partial charge < -0.3 is 19.7 Å². The smallest absolute Gasteiger partial charge is 0.193 e. The summed E-state index contributed by atoms with van der Waals surface area (Å²) in [6.07, 6.45) is 5.23. The highest BCUT2D eigenvalue weighted by molar-refractivity contribution is 5.79. The summed E-state index contributed by atoms with van der Waals surface area (Å²) < 4.78 is 24.9. The molecule has 0 radical (unpaired) electrons. The molecule has 2 saturated heterocycles. The second-order valence-corrected chi connectivity index (χ2v) is 8.07. The lowest BCUT2D eigenvalue weighted by Crippen LogP contribution is -2.48. The summed E-state index contributed by atoms with van der Waals surface area (Å²) in [6.45, 7) is 4.89. The Bertz CT molecular complexity index is 640. The zero-order valence-corrected chi connectivity index (χ0v) is 17.3. The first-order chi connectivity index (χ1) is 13.6. The molecule has 2 fully saturated rings. The lowest BCUT2D eigenvalue weighted by molar-refractivity contribution is 0.0510. The molecule has 1 N–H and O–H groups in total. The Hall–Kier alpha value is -1.66. The van der Waals surface area contributed by atoms with Crippen molar-refractivity contribution in [2.45, 2.75) is 37.5 Å². The van der Waals surface area contributed by atoms with Crippen LogP contribution in [-0.4, -0.2) is 64.5 Å². The number of rotatable bonds is 6. The second kappa shape index (κ2) is 10.2. The van der Waals surface area contributed by atoms with Gasteiger partial charge in [-0.3, -0.25) is 4.99 Å². The minimum atomic E-state index is -0.179. The van der Waals surface area contributed by atoms with E-state index in [1.54, 1.807) is 12.1 Å². The van der Waals surface area contributed by atoms with E-state index in [2.05, 4.69) is 22.3 Å². The summed E-state index contributed by atoms with van der Waals surface area (Å²) in [5.74, 6) is 1.46. The van der Waals surface area contributed by atoms with Gasteiger partial charge in [-0.25, -0.2) is 4.39 Å². The maximum atomic E-state index is 13.9. The van der Waals surface area contributed by atoms with Crippen LogP contribution in [-0.2, 0) is 14.9 Å². The van der Waals surface area contributed by atoms with Crippen molar-refractivity contribution >= 4 is 5.96 Å². The minimum Gasteiger partial charge on any atom is -0.381 e. The fraction of sp³-hybridized carbons (Fsp3) is 0.682. The Labute approximate surface area is 168 Å². The summed E-state index contributed by atoms with van der Waals surface area (Å²) in [6, 6.07) is 7.02. The molecule has 0 spiro atoms. The number of nitrogens with one attached hydrogen (secondary N) is 1. The van der Waals surface area contributed by atoms with E-state index in [0.717, 1.165) is 75.8 Å². The van der Waals surface area contributed by atoms with E-state index in [-0.39, 0.29) is 11.2 Å². The van der Waals surface area contributed by atoms with Gasteiger partial charge in [0.1, 0.15) is 5.82 Å². The van der Waals surface area contributed by atoms with Crippen molar-refractivity contribution in [1.29, 1.82) is 0 Å². The second-order valence-electron chi connectivity index (χ2n) is 8.07. The third kappa shape index (κ3) is 5.45. The van der Waals surface area contributed by atoms with Crippen LogP contribution >= 0.6 is 0 Å². The van der Waals surface area contributed by atoms with Crippen molar-refractivity contribution in [3.8, 4) is 0 Å². The highest BCUT2D eigenvalue weighted by Gasteiger charge is 2.35. The van der Waals surface area contributed by atoms with E-state index in [1.807, 2.05) is 13.1 Å². The zero-order valence-electron chi connectivity index (χ0n) is 17.3. The Morgan fingerprint density at radius 1 is 1.21 bits per heavy atom. The molecule has 2 heterocycles. The third-order valence-corrected chi connectivity index (χ3v) is 6.26. The minimum absolute atomic E-state index is 0.127. The molecule has 0 amide bonds. The summed E-state index contributed by atoms with van der Waals surface area (Å²) in [5, 5.41) is 3.56. The monoisotopic (exact) mass is 391 g/mol. The van der Waals surface area contributed by atoms with Crippen LogP contribution < -0.4 is 5.32 Å². The molecule has 0 bridgehead atoms. The van der Waals surface area contributed by atoms with E-state index in [4.69, 9.17) is 9.47 Å². The van der Waals surface area contributed by atoms with Crippen LogP contribution in [0.5, 0.6) is 0 Å². The van der Waals surface area contributed by atoms with Gasteiger partial charge in [0.2, 0.25) is 0 Å². The molecule has 5 nitrogen and oxygen atoms in total. The van der Waals surface area contributed by atoms with Gasteiger partial charge in [0.25, 0.3) is 0 Å². The highest BCUT2D eigenvalue weighted by atomic mass is 19.1. The molecule has 6 heteroatoms. The number of ether oxygens (including phenoxy) is 2. The van der Waals surface area contributed by atoms with Crippen LogP contribution in [0.1, 0.15) is 37.7 Å². The van der Waals surface area contributed by atoms with Crippen molar-refractivity contribution in [2.75, 3.05) is 53.6 Å². The molecule has 0 aromatic heterocycles. The lowest BCUT2D eigenvalue weighted by Gasteiger charge is -2.39. The third-order valence-electron chi connectivity index (χ3n) is 6.26. The number of benzene rings is 1. The average molecular weight is 392 g/mol. The standard InChI is InChI=1S/C22H34FN3O2/c1-24-21(26(2)11-6-18-7-12-27-13-8-18)25-17-22(9-14-28-15-10-22)19-4-3-5-20(23)16-19/h3-5,16,18H,6-15,17H2,1-2H3,(H,24,25). The predicted octanol–water partition coefficient (Wildman–Crippen LogP) is 3.20. The molecule has 0 saturated carbocycles. The predicted molar refractivity (Wildman–Crippen MR) is 110 cm³/mol. The summed E-state index contributed by atoms with van der Waals surface area (Å²) in [4.78, 5) is 6.68. The number of nitrogens with zero attached hydrogens (tertiary/aromatic N) is 2. The number of hydrogen-bond acceptors (Lipinski definition) is 3. The first-order valence-corrected chi connectivity index (χ1v) is 10.5. The molecular formula is C22H34FN3O2. The largest absolute Gasteiger partial charge is 0.381 e. The quantitative estimate of drug-likeness (QED) is 0.598. The summed E-state index contributed by atoms with van der Waals surface area (Å²) in [5.41, 5.74) is 0.918. The molecule has 156 valence electrons. The lowest BCUT2D eigenvalue weighted by atomic mass is 9.74. The maximum absolute atomic E-state index is 13.9. The van der Waals surface area contributed by atoms with E-state index in [9.17, 15) is 4.39 Å². The normalized spacial score (nSPS) is 20.8. The summed E-state index contributed by atoms with van der Waals surface area (Å²) in [7, 11) is 3.92. The maximum Gasteiger partial charge on any atom is 0.193 e. The van der Waals surface area contributed by atoms with Crippen molar-refractivity contribution in [2.24, 2.45) is 10.9 Å². The number of halogens is 1. The van der Waals surface area contributed by atoms with Gasteiger partial charge in [-0.1, -0.05) is 12.1 Å². The molecule has 1 aromatic carbocycles. The first kappa shape index (κ1) is 21.1. The fourth-order valence-electron chi connectivity index (χ4n) is 4.30. The first-order valence-electron chi connectivity index (χ1n) is 10.5. The molecule has 28 heavy (non-hydrogen) atoms. The number of guanidine groups is 1. The molecule has 0 aliphatic carbocycles. The highest BCUT2D eigenvalue weighted by Crippen LogP contribution is 2.34. The zero-order chi connectivity index (χ0) is 19.8. The van der Waals surface area contributed by atoms with Crippen molar-refractivity contribution in [1.82, 2.24) is 10.2 Å². The van der Waals surface area contributed by atoms with Crippen LogP contribution in [0.15, 0.2) is 29.3 Å². The van der Waals surface area contributed by atoms with Gasteiger partial charge in [0.05, 0.1) is 0 Å². The topological polar surface area (TPSA) is 46.1 Å². The Morgan fingerprint density at radius 2 is 1.93 bits per heavy atom. The van der Waals surface area contributed by atoms with Gasteiger partial charge in [0, 0.05) is 59.0 Å². The SMILES string of the molecule is CN=C(NCC1(c2cccc(F)c2)CCOCC1)N(C)CCC1CCOCC1. The van der Waals surface area contributed by atoms with Gasteiger partial charge in [-0.2, -0.15) is 0 Å². The van der Waals surface area contributed by atoms with Gasteiger partial charge in [0.15, 0.2) is 5.96 Å². The van der Waals surface area contributed by atoms with Crippen molar-refractivity contribution < 1.29 is 13.9 Å². The average Bonchev–Trinajstić information content (AvgIpc) is 2.74. The number of hydrogen-bond donors (Lipinski definition) is 1. The Kier molecular flexibility index (Phi) is 7.68. The Balaban J connectivity index is 1.60. The van der Waals surface area contributed by atoms with Gasteiger partial charge in [-0.05, 0) is 55.7 Å². The van der Waals surface area contributed by atoms with Gasteiger partial charge >= 0.3 is 0 Å². The molecule has 2 aliphatic rings. The number of aliphatic imine (C=N–C) groups is 1. The van der Waals surface area contributed by atoms with Crippen LogP contribution in [0.3, 0.4) is 0 Å². The molecule has 0 atom stereocenters. The molecule has 0 unspecified atom stereocenters.